The van der Waals surface area contributed by atoms with E-state index in [9.17, 15) is 4.79 Å². The third-order valence-electron chi connectivity index (χ3n) is 5.37. The van der Waals surface area contributed by atoms with Crippen LogP contribution in [0.1, 0.15) is 24.8 Å². The molecule has 1 amide bonds. The number of fused-ring (bicyclic) bond motifs is 1. The molecule has 3 aliphatic rings. The van der Waals surface area contributed by atoms with Gasteiger partial charge in [0.05, 0.1) is 0 Å². The Bertz CT molecular complexity index is 607. The lowest BCUT2D eigenvalue weighted by Gasteiger charge is -2.35. The van der Waals surface area contributed by atoms with Crippen molar-refractivity contribution in [3.63, 3.8) is 0 Å². The van der Waals surface area contributed by atoms with Crippen LogP contribution in [0.3, 0.4) is 0 Å². The maximum Gasteiger partial charge on any atom is 0.231 e. The SMILES string of the molecule is O=C(CC1CCOCC1)N1CCN(Cc2ccc3c(c2)OCO3)CC1. The Morgan fingerprint density at radius 2 is 1.80 bits per heavy atom. The summed E-state index contributed by atoms with van der Waals surface area (Å²) in [6.07, 6.45) is 2.73. The highest BCUT2D eigenvalue weighted by atomic mass is 16.7. The van der Waals surface area contributed by atoms with Crippen molar-refractivity contribution in [1.29, 1.82) is 0 Å². The molecule has 1 aromatic rings. The summed E-state index contributed by atoms with van der Waals surface area (Å²) in [6.45, 7) is 6.31. The molecule has 3 aliphatic heterocycles. The third kappa shape index (κ3) is 4.07. The van der Waals surface area contributed by atoms with Gasteiger partial charge in [-0.15, -0.1) is 0 Å². The first-order chi connectivity index (χ1) is 12.3. The van der Waals surface area contributed by atoms with Gasteiger partial charge in [0.1, 0.15) is 0 Å². The van der Waals surface area contributed by atoms with Crippen molar-refractivity contribution < 1.29 is 19.0 Å². The van der Waals surface area contributed by atoms with Gasteiger partial charge in [-0.05, 0) is 36.5 Å². The Hall–Kier alpha value is -1.79. The van der Waals surface area contributed by atoms with Gasteiger partial charge in [0.15, 0.2) is 11.5 Å². The van der Waals surface area contributed by atoms with Gasteiger partial charge in [-0.25, -0.2) is 0 Å². The van der Waals surface area contributed by atoms with E-state index in [2.05, 4.69) is 17.0 Å². The van der Waals surface area contributed by atoms with Gasteiger partial charge in [0.25, 0.3) is 0 Å². The predicted octanol–water partition coefficient (Wildman–Crippen LogP) is 1.88. The third-order valence-corrected chi connectivity index (χ3v) is 5.37. The summed E-state index contributed by atoms with van der Waals surface area (Å²) in [5.74, 6) is 2.48. The van der Waals surface area contributed by atoms with Crippen LogP contribution in [0.2, 0.25) is 0 Å². The zero-order valence-corrected chi connectivity index (χ0v) is 14.6. The van der Waals surface area contributed by atoms with E-state index in [4.69, 9.17) is 14.2 Å². The van der Waals surface area contributed by atoms with Crippen LogP contribution in [0.4, 0.5) is 0 Å². The van der Waals surface area contributed by atoms with Gasteiger partial charge in [0.2, 0.25) is 12.7 Å². The number of hydrogen-bond donors (Lipinski definition) is 0. The second-order valence-electron chi connectivity index (χ2n) is 7.10. The summed E-state index contributed by atoms with van der Waals surface area (Å²) in [5, 5.41) is 0. The van der Waals surface area contributed by atoms with Crippen LogP contribution in [0.5, 0.6) is 11.5 Å². The van der Waals surface area contributed by atoms with Gasteiger partial charge in [-0.2, -0.15) is 0 Å². The summed E-state index contributed by atoms with van der Waals surface area (Å²) in [7, 11) is 0. The quantitative estimate of drug-likeness (QED) is 0.833. The molecule has 2 saturated heterocycles. The smallest absolute Gasteiger partial charge is 0.231 e. The molecule has 0 spiro atoms. The first kappa shape index (κ1) is 16.7. The van der Waals surface area contributed by atoms with E-state index in [1.165, 1.54) is 5.56 Å². The minimum Gasteiger partial charge on any atom is -0.454 e. The molecule has 0 aromatic heterocycles. The standard InChI is InChI=1S/C19H26N2O4/c22-19(12-15-3-9-23-10-4-15)21-7-5-20(6-8-21)13-16-1-2-17-18(11-16)25-14-24-17/h1-2,11,15H,3-10,12-14H2. The van der Waals surface area contributed by atoms with E-state index >= 15 is 0 Å². The number of amides is 1. The maximum atomic E-state index is 12.5. The number of hydrogen-bond acceptors (Lipinski definition) is 5. The molecule has 136 valence electrons. The van der Waals surface area contributed by atoms with Gasteiger partial charge in [-0.3, -0.25) is 9.69 Å². The predicted molar refractivity (Wildman–Crippen MR) is 92.6 cm³/mol. The number of benzene rings is 1. The number of nitrogens with zero attached hydrogens (tertiary/aromatic N) is 2. The van der Waals surface area contributed by atoms with Crippen LogP contribution in [0, 0.1) is 5.92 Å². The molecule has 0 N–H and O–H groups in total. The fourth-order valence-corrected chi connectivity index (χ4v) is 3.78. The molecule has 0 atom stereocenters. The second kappa shape index (κ2) is 7.62. The van der Waals surface area contributed by atoms with Gasteiger partial charge >= 0.3 is 0 Å². The minimum atomic E-state index is 0.312. The number of ether oxygens (including phenoxy) is 3. The first-order valence-electron chi connectivity index (χ1n) is 9.24. The lowest BCUT2D eigenvalue weighted by atomic mass is 9.96. The molecule has 2 fully saturated rings. The zero-order valence-electron chi connectivity index (χ0n) is 14.6. The Kier molecular flexibility index (Phi) is 5.08. The van der Waals surface area contributed by atoms with Crippen molar-refractivity contribution in [3.05, 3.63) is 23.8 Å². The lowest BCUT2D eigenvalue weighted by Crippen LogP contribution is -2.48. The minimum absolute atomic E-state index is 0.312. The molecular formula is C19H26N2O4. The fourth-order valence-electron chi connectivity index (χ4n) is 3.78. The maximum absolute atomic E-state index is 12.5. The van der Waals surface area contributed by atoms with Crippen molar-refractivity contribution in [3.8, 4) is 11.5 Å². The zero-order chi connectivity index (χ0) is 17.1. The van der Waals surface area contributed by atoms with E-state index < -0.39 is 0 Å². The topological polar surface area (TPSA) is 51.2 Å². The molecule has 3 heterocycles. The average molecular weight is 346 g/mol. The molecule has 0 saturated carbocycles. The summed E-state index contributed by atoms with van der Waals surface area (Å²) in [6, 6.07) is 6.13. The number of piperazine rings is 1. The Morgan fingerprint density at radius 1 is 1.04 bits per heavy atom. The van der Waals surface area contributed by atoms with Crippen LogP contribution >= 0.6 is 0 Å². The number of rotatable bonds is 4. The van der Waals surface area contributed by atoms with Gasteiger partial charge in [0, 0.05) is 52.4 Å². The molecule has 25 heavy (non-hydrogen) atoms. The summed E-state index contributed by atoms with van der Waals surface area (Å²) < 4.78 is 16.2. The van der Waals surface area contributed by atoms with Gasteiger partial charge in [-0.1, -0.05) is 6.07 Å². The van der Waals surface area contributed by atoms with Crippen LogP contribution in [0.15, 0.2) is 18.2 Å². The van der Waals surface area contributed by atoms with Crippen molar-refractivity contribution in [1.82, 2.24) is 9.80 Å². The largest absolute Gasteiger partial charge is 0.454 e. The first-order valence-corrected chi connectivity index (χ1v) is 9.24. The Morgan fingerprint density at radius 3 is 2.60 bits per heavy atom. The molecule has 0 unspecified atom stereocenters. The highest BCUT2D eigenvalue weighted by Crippen LogP contribution is 2.32. The van der Waals surface area contributed by atoms with Crippen LogP contribution in [-0.4, -0.2) is 61.9 Å². The monoisotopic (exact) mass is 346 g/mol. The summed E-state index contributed by atoms with van der Waals surface area (Å²) in [5.41, 5.74) is 1.23. The fraction of sp³-hybridized carbons (Fsp3) is 0.632. The Balaban J connectivity index is 1.24. The molecular weight excluding hydrogens is 320 g/mol. The van der Waals surface area contributed by atoms with E-state index in [0.717, 1.165) is 70.3 Å². The second-order valence-corrected chi connectivity index (χ2v) is 7.10. The summed E-state index contributed by atoms with van der Waals surface area (Å²) in [4.78, 5) is 16.9. The van der Waals surface area contributed by atoms with Crippen molar-refractivity contribution in [2.45, 2.75) is 25.8 Å². The highest BCUT2D eigenvalue weighted by Gasteiger charge is 2.25. The van der Waals surface area contributed by atoms with Crippen LogP contribution in [0.25, 0.3) is 0 Å². The molecule has 0 aliphatic carbocycles. The molecule has 0 bridgehead atoms. The van der Waals surface area contributed by atoms with Crippen LogP contribution < -0.4 is 9.47 Å². The normalized spacial score (nSPS) is 21.5. The lowest BCUT2D eigenvalue weighted by molar-refractivity contribution is -0.134. The van der Waals surface area contributed by atoms with Crippen LogP contribution in [-0.2, 0) is 16.1 Å². The molecule has 6 heteroatoms. The van der Waals surface area contributed by atoms with Crippen molar-refractivity contribution in [2.24, 2.45) is 5.92 Å². The summed E-state index contributed by atoms with van der Waals surface area (Å²) >= 11 is 0. The number of carbonyl (C=O) groups excluding carboxylic acids is 1. The molecule has 6 nitrogen and oxygen atoms in total. The van der Waals surface area contributed by atoms with Crippen molar-refractivity contribution >= 4 is 5.91 Å². The number of carbonyl (C=O) groups is 1. The Labute approximate surface area is 148 Å². The van der Waals surface area contributed by atoms with Crippen molar-refractivity contribution in [2.75, 3.05) is 46.2 Å². The van der Waals surface area contributed by atoms with E-state index in [1.54, 1.807) is 0 Å². The molecule has 4 rings (SSSR count). The van der Waals surface area contributed by atoms with Gasteiger partial charge < -0.3 is 19.1 Å². The average Bonchev–Trinajstić information content (AvgIpc) is 3.11. The highest BCUT2D eigenvalue weighted by molar-refractivity contribution is 5.76. The molecule has 1 aromatic carbocycles. The van der Waals surface area contributed by atoms with E-state index in [-0.39, 0.29) is 0 Å². The van der Waals surface area contributed by atoms with E-state index in [0.29, 0.717) is 25.0 Å². The van der Waals surface area contributed by atoms with E-state index in [1.807, 2.05) is 11.0 Å². The molecule has 0 radical (unpaired) electrons.